The van der Waals surface area contributed by atoms with Crippen LogP contribution in [-0.2, 0) is 19.5 Å². The summed E-state index contributed by atoms with van der Waals surface area (Å²) in [5.41, 5.74) is 2.17. The Bertz CT molecular complexity index is 728. The maximum absolute atomic E-state index is 15.4. The lowest BCUT2D eigenvalue weighted by atomic mass is 9.97. The lowest BCUT2D eigenvalue weighted by molar-refractivity contribution is 0.0994. The summed E-state index contributed by atoms with van der Waals surface area (Å²) in [5, 5.41) is 0. The maximum atomic E-state index is 15.4. The van der Waals surface area contributed by atoms with Crippen LogP contribution >= 0.6 is 0 Å². The van der Waals surface area contributed by atoms with E-state index >= 15 is 4.39 Å². The molecule has 0 radical (unpaired) electrons. The van der Waals surface area contributed by atoms with E-state index in [0.29, 0.717) is 13.0 Å². The maximum Gasteiger partial charge on any atom is 0.124 e. The SMILES string of the molecule is C[C@](F)(Cc1ccccc1)CN(Cc1ccccc1)Cc1ccccc1. The van der Waals surface area contributed by atoms with Crippen LogP contribution in [0.3, 0.4) is 0 Å². The van der Waals surface area contributed by atoms with Crippen LogP contribution in [0.1, 0.15) is 23.6 Å². The van der Waals surface area contributed by atoms with Gasteiger partial charge in [-0.15, -0.1) is 0 Å². The highest BCUT2D eigenvalue weighted by Gasteiger charge is 2.27. The average Bonchev–Trinajstić information content (AvgIpc) is 2.63. The minimum Gasteiger partial charge on any atom is -0.292 e. The second kappa shape index (κ2) is 8.77. The molecule has 1 atom stereocenters. The van der Waals surface area contributed by atoms with Crippen LogP contribution in [0.5, 0.6) is 0 Å². The van der Waals surface area contributed by atoms with E-state index in [9.17, 15) is 0 Å². The average molecular weight is 347 g/mol. The number of hydrogen-bond acceptors (Lipinski definition) is 1. The fourth-order valence-electron chi connectivity index (χ4n) is 3.39. The minimum absolute atomic E-state index is 0.395. The van der Waals surface area contributed by atoms with Gasteiger partial charge in [-0.25, -0.2) is 4.39 Å². The highest BCUT2D eigenvalue weighted by molar-refractivity contribution is 5.19. The van der Waals surface area contributed by atoms with Crippen molar-refractivity contribution >= 4 is 0 Å². The van der Waals surface area contributed by atoms with E-state index in [0.717, 1.165) is 18.7 Å². The Morgan fingerprint density at radius 2 is 1.04 bits per heavy atom. The molecule has 26 heavy (non-hydrogen) atoms. The van der Waals surface area contributed by atoms with Gasteiger partial charge < -0.3 is 0 Å². The Morgan fingerprint density at radius 1 is 0.654 bits per heavy atom. The molecule has 0 spiro atoms. The molecule has 0 aliphatic heterocycles. The van der Waals surface area contributed by atoms with Crippen LogP contribution in [0.25, 0.3) is 0 Å². The molecule has 0 aliphatic carbocycles. The summed E-state index contributed by atoms with van der Waals surface area (Å²) in [4.78, 5) is 2.20. The van der Waals surface area contributed by atoms with Gasteiger partial charge >= 0.3 is 0 Å². The smallest absolute Gasteiger partial charge is 0.124 e. The van der Waals surface area contributed by atoms with Gasteiger partial charge in [0, 0.05) is 26.1 Å². The number of alkyl halides is 1. The Labute approximate surface area is 156 Å². The van der Waals surface area contributed by atoms with Crippen molar-refractivity contribution in [3.05, 3.63) is 108 Å². The zero-order chi connectivity index (χ0) is 18.2. The quantitative estimate of drug-likeness (QED) is 0.508. The number of benzene rings is 3. The van der Waals surface area contributed by atoms with Crippen molar-refractivity contribution in [2.75, 3.05) is 6.54 Å². The molecule has 0 fully saturated rings. The summed E-state index contributed by atoms with van der Waals surface area (Å²) >= 11 is 0. The molecule has 0 aromatic heterocycles. The molecule has 0 heterocycles. The van der Waals surface area contributed by atoms with Crippen LogP contribution in [0.4, 0.5) is 4.39 Å². The van der Waals surface area contributed by atoms with E-state index in [2.05, 4.69) is 29.2 Å². The fourth-order valence-corrected chi connectivity index (χ4v) is 3.39. The second-order valence-corrected chi connectivity index (χ2v) is 7.19. The van der Waals surface area contributed by atoms with E-state index < -0.39 is 5.67 Å². The van der Waals surface area contributed by atoms with Crippen LogP contribution < -0.4 is 0 Å². The van der Waals surface area contributed by atoms with E-state index in [1.54, 1.807) is 6.92 Å². The summed E-state index contributed by atoms with van der Waals surface area (Å²) in [7, 11) is 0. The van der Waals surface area contributed by atoms with Gasteiger partial charge in [-0.1, -0.05) is 91.0 Å². The van der Waals surface area contributed by atoms with Crippen LogP contribution in [0.15, 0.2) is 91.0 Å². The Balaban J connectivity index is 1.73. The predicted molar refractivity (Wildman–Crippen MR) is 107 cm³/mol. The summed E-state index contributed by atoms with van der Waals surface area (Å²) in [6.07, 6.45) is 0.425. The lowest BCUT2D eigenvalue weighted by Crippen LogP contribution is -2.38. The number of hydrogen-bond donors (Lipinski definition) is 0. The molecule has 134 valence electrons. The number of nitrogens with zero attached hydrogens (tertiary/aromatic N) is 1. The van der Waals surface area contributed by atoms with Crippen molar-refractivity contribution in [2.24, 2.45) is 0 Å². The van der Waals surface area contributed by atoms with Gasteiger partial charge in [-0.05, 0) is 23.6 Å². The van der Waals surface area contributed by atoms with Crippen LogP contribution in [0.2, 0.25) is 0 Å². The van der Waals surface area contributed by atoms with Crippen molar-refractivity contribution in [2.45, 2.75) is 32.1 Å². The van der Waals surface area contributed by atoms with Gasteiger partial charge in [0.15, 0.2) is 0 Å². The third-order valence-electron chi connectivity index (χ3n) is 4.47. The molecule has 0 bridgehead atoms. The topological polar surface area (TPSA) is 3.24 Å². The highest BCUT2D eigenvalue weighted by atomic mass is 19.1. The summed E-state index contributed by atoms with van der Waals surface area (Å²) in [6.45, 7) is 3.59. The molecular weight excluding hydrogens is 321 g/mol. The molecule has 3 aromatic carbocycles. The molecule has 0 aliphatic rings. The first-order valence-electron chi connectivity index (χ1n) is 9.14. The molecule has 0 unspecified atom stereocenters. The van der Waals surface area contributed by atoms with Gasteiger partial charge in [0.05, 0.1) is 0 Å². The molecule has 0 N–H and O–H groups in total. The van der Waals surface area contributed by atoms with E-state index in [1.165, 1.54) is 11.1 Å². The normalized spacial score (nSPS) is 13.5. The van der Waals surface area contributed by atoms with E-state index in [4.69, 9.17) is 0 Å². The largest absolute Gasteiger partial charge is 0.292 e. The molecule has 3 rings (SSSR count). The molecule has 3 aromatic rings. The third kappa shape index (κ3) is 5.82. The van der Waals surface area contributed by atoms with E-state index in [1.807, 2.05) is 66.7 Å². The fraction of sp³-hybridized carbons (Fsp3) is 0.250. The third-order valence-corrected chi connectivity index (χ3v) is 4.47. The zero-order valence-corrected chi connectivity index (χ0v) is 15.3. The first kappa shape index (κ1) is 18.3. The van der Waals surface area contributed by atoms with E-state index in [-0.39, 0.29) is 0 Å². The molecular formula is C24H26FN. The van der Waals surface area contributed by atoms with Gasteiger partial charge in [-0.2, -0.15) is 0 Å². The first-order chi connectivity index (χ1) is 12.6. The summed E-state index contributed by atoms with van der Waals surface area (Å²) in [5.74, 6) is 0. The Morgan fingerprint density at radius 3 is 1.46 bits per heavy atom. The van der Waals surface area contributed by atoms with Gasteiger partial charge in [-0.3, -0.25) is 4.90 Å². The van der Waals surface area contributed by atoms with Crippen molar-refractivity contribution in [3.8, 4) is 0 Å². The summed E-state index contributed by atoms with van der Waals surface area (Å²) < 4.78 is 15.4. The Hall–Kier alpha value is -2.45. The van der Waals surface area contributed by atoms with Crippen molar-refractivity contribution < 1.29 is 4.39 Å². The number of rotatable bonds is 8. The van der Waals surface area contributed by atoms with Gasteiger partial charge in [0.25, 0.3) is 0 Å². The monoisotopic (exact) mass is 347 g/mol. The lowest BCUT2D eigenvalue weighted by Gasteiger charge is -2.30. The van der Waals surface area contributed by atoms with Crippen molar-refractivity contribution in [3.63, 3.8) is 0 Å². The standard InChI is InChI=1S/C24H26FN/c1-24(25,17-21-11-5-2-6-12-21)20-26(18-22-13-7-3-8-14-22)19-23-15-9-4-10-16-23/h2-16H,17-20H2,1H3/t24-/m0/s1. The Kier molecular flexibility index (Phi) is 6.19. The molecule has 0 saturated heterocycles. The second-order valence-electron chi connectivity index (χ2n) is 7.19. The van der Waals surface area contributed by atoms with Crippen LogP contribution in [0, 0.1) is 0 Å². The van der Waals surface area contributed by atoms with Crippen LogP contribution in [-0.4, -0.2) is 17.1 Å². The highest BCUT2D eigenvalue weighted by Crippen LogP contribution is 2.22. The predicted octanol–water partition coefficient (Wildman–Crippen LogP) is 5.66. The van der Waals surface area contributed by atoms with Gasteiger partial charge in [0.1, 0.15) is 5.67 Å². The summed E-state index contributed by atoms with van der Waals surface area (Å²) in [6, 6.07) is 30.5. The molecule has 1 nitrogen and oxygen atoms in total. The number of halogens is 1. The van der Waals surface area contributed by atoms with Crippen molar-refractivity contribution in [1.82, 2.24) is 4.90 Å². The molecule has 2 heteroatoms. The zero-order valence-electron chi connectivity index (χ0n) is 15.3. The minimum atomic E-state index is -1.29. The first-order valence-corrected chi connectivity index (χ1v) is 9.14. The molecule has 0 saturated carbocycles. The van der Waals surface area contributed by atoms with Crippen molar-refractivity contribution in [1.29, 1.82) is 0 Å². The van der Waals surface area contributed by atoms with Gasteiger partial charge in [0.2, 0.25) is 0 Å². The molecule has 0 amide bonds.